The van der Waals surface area contributed by atoms with Crippen molar-refractivity contribution in [3.05, 3.63) is 33.9 Å². The number of likely N-dealkylation sites (tertiary alicyclic amines) is 1. The Morgan fingerprint density at radius 2 is 2.07 bits per heavy atom. The molecule has 1 aliphatic heterocycles. The fraction of sp³-hybridized carbons (Fsp3) is 0.526. The number of methoxy groups -OCH3 is 1. The van der Waals surface area contributed by atoms with Crippen molar-refractivity contribution in [3.8, 4) is 5.75 Å². The molecular weight excluding hydrogens is 382 g/mol. The molecule has 2 rings (SSSR count). The van der Waals surface area contributed by atoms with Gasteiger partial charge in [0.05, 0.1) is 12.0 Å². The first-order chi connectivity index (χ1) is 13.9. The summed E-state index contributed by atoms with van der Waals surface area (Å²) in [5, 5.41) is 13.4. The standard InChI is InChI=1S/C19H25N3O7/c1-3-14-6-4-5-9-21(14)17(23)12-29-18(24)11-20-19(25)13-7-8-16(28-2)15(10-13)22(26)27/h7-8,10,14H,3-6,9,11-12H2,1-2H3,(H,20,25)/t14-/m1/s1. The molecule has 0 aromatic heterocycles. The normalized spacial score (nSPS) is 16.1. The van der Waals surface area contributed by atoms with E-state index in [4.69, 9.17) is 9.47 Å². The lowest BCUT2D eigenvalue weighted by Crippen LogP contribution is -2.45. The second-order valence-corrected chi connectivity index (χ2v) is 6.63. The highest BCUT2D eigenvalue weighted by atomic mass is 16.6. The molecule has 0 unspecified atom stereocenters. The van der Waals surface area contributed by atoms with Gasteiger partial charge in [0.2, 0.25) is 0 Å². The van der Waals surface area contributed by atoms with Crippen LogP contribution in [-0.2, 0) is 14.3 Å². The van der Waals surface area contributed by atoms with Crippen LogP contribution in [0.5, 0.6) is 5.75 Å². The van der Waals surface area contributed by atoms with Gasteiger partial charge in [-0.2, -0.15) is 0 Å². The van der Waals surface area contributed by atoms with E-state index < -0.39 is 23.3 Å². The molecular formula is C19H25N3O7. The summed E-state index contributed by atoms with van der Waals surface area (Å²) >= 11 is 0. The largest absolute Gasteiger partial charge is 0.490 e. The van der Waals surface area contributed by atoms with Crippen molar-refractivity contribution in [1.82, 2.24) is 10.2 Å². The Morgan fingerprint density at radius 3 is 2.72 bits per heavy atom. The Labute approximate surface area is 168 Å². The molecule has 2 amide bonds. The third-order valence-corrected chi connectivity index (χ3v) is 4.81. The smallest absolute Gasteiger partial charge is 0.325 e. The monoisotopic (exact) mass is 407 g/mol. The van der Waals surface area contributed by atoms with E-state index in [9.17, 15) is 24.5 Å². The quantitative estimate of drug-likeness (QED) is 0.394. The molecule has 1 aromatic rings. The van der Waals surface area contributed by atoms with Gasteiger partial charge in [0.1, 0.15) is 6.54 Å². The fourth-order valence-electron chi connectivity index (χ4n) is 3.26. The third-order valence-electron chi connectivity index (χ3n) is 4.81. The van der Waals surface area contributed by atoms with Gasteiger partial charge in [-0.3, -0.25) is 24.5 Å². The minimum absolute atomic E-state index is 0.000445. The number of nitrogens with zero attached hydrogens (tertiary/aromatic N) is 2. The fourth-order valence-corrected chi connectivity index (χ4v) is 3.26. The van der Waals surface area contributed by atoms with Crippen molar-refractivity contribution in [2.75, 3.05) is 26.8 Å². The maximum Gasteiger partial charge on any atom is 0.325 e. The summed E-state index contributed by atoms with van der Waals surface area (Å²) in [6.45, 7) is 1.84. The minimum Gasteiger partial charge on any atom is -0.490 e. The molecule has 1 fully saturated rings. The molecule has 0 bridgehead atoms. The molecule has 0 radical (unpaired) electrons. The van der Waals surface area contributed by atoms with Gasteiger partial charge >= 0.3 is 11.7 Å². The van der Waals surface area contributed by atoms with Crippen molar-refractivity contribution in [2.45, 2.75) is 38.6 Å². The predicted octanol–water partition coefficient (Wildman–Crippen LogP) is 1.67. The van der Waals surface area contributed by atoms with E-state index in [-0.39, 0.29) is 35.6 Å². The van der Waals surface area contributed by atoms with Crippen LogP contribution in [-0.4, -0.2) is 60.5 Å². The number of nitrogens with one attached hydrogen (secondary N) is 1. The molecule has 1 saturated heterocycles. The molecule has 1 aromatic carbocycles. The number of hydrogen-bond acceptors (Lipinski definition) is 7. The van der Waals surface area contributed by atoms with E-state index in [1.54, 1.807) is 4.90 Å². The van der Waals surface area contributed by atoms with Gasteiger partial charge < -0.3 is 19.7 Å². The zero-order chi connectivity index (χ0) is 21.4. The number of amides is 2. The van der Waals surface area contributed by atoms with Crippen molar-refractivity contribution in [3.63, 3.8) is 0 Å². The number of rotatable bonds is 8. The highest BCUT2D eigenvalue weighted by molar-refractivity contribution is 5.97. The summed E-state index contributed by atoms with van der Waals surface area (Å²) in [7, 11) is 1.28. The summed E-state index contributed by atoms with van der Waals surface area (Å²) in [6.07, 6.45) is 3.81. The lowest BCUT2D eigenvalue weighted by atomic mass is 10.00. The van der Waals surface area contributed by atoms with Crippen LogP contribution in [0.1, 0.15) is 43.0 Å². The number of carbonyl (C=O) groups excluding carboxylic acids is 3. The molecule has 0 spiro atoms. The van der Waals surface area contributed by atoms with Crippen LogP contribution in [0.25, 0.3) is 0 Å². The Kier molecular flexibility index (Phi) is 7.93. The van der Waals surface area contributed by atoms with Crippen molar-refractivity contribution >= 4 is 23.5 Å². The summed E-state index contributed by atoms with van der Waals surface area (Å²) in [6, 6.07) is 3.87. The molecule has 10 heteroatoms. The van der Waals surface area contributed by atoms with E-state index in [1.807, 2.05) is 6.92 Å². The van der Waals surface area contributed by atoms with Gasteiger partial charge in [-0.05, 0) is 37.8 Å². The molecule has 0 aliphatic carbocycles. The lowest BCUT2D eigenvalue weighted by molar-refractivity contribution is -0.385. The summed E-state index contributed by atoms with van der Waals surface area (Å²) in [4.78, 5) is 48.4. The highest BCUT2D eigenvalue weighted by Crippen LogP contribution is 2.27. The average Bonchev–Trinajstić information content (AvgIpc) is 2.74. The topological polar surface area (TPSA) is 128 Å². The molecule has 1 heterocycles. The number of esters is 1. The number of ether oxygens (including phenoxy) is 2. The van der Waals surface area contributed by atoms with E-state index in [0.717, 1.165) is 31.7 Å². The highest BCUT2D eigenvalue weighted by Gasteiger charge is 2.26. The summed E-state index contributed by atoms with van der Waals surface area (Å²) < 4.78 is 9.84. The third kappa shape index (κ3) is 5.90. The second kappa shape index (κ2) is 10.4. The second-order valence-electron chi connectivity index (χ2n) is 6.63. The Bertz CT molecular complexity index is 781. The SMILES string of the molecule is CC[C@@H]1CCCCN1C(=O)COC(=O)CNC(=O)c1ccc(OC)c([N+](=O)[O-])c1. The molecule has 10 nitrogen and oxygen atoms in total. The van der Waals surface area contributed by atoms with Crippen molar-refractivity contribution < 1.29 is 28.8 Å². The lowest BCUT2D eigenvalue weighted by Gasteiger charge is -2.35. The van der Waals surface area contributed by atoms with Gasteiger partial charge in [-0.25, -0.2) is 0 Å². The average molecular weight is 407 g/mol. The minimum atomic E-state index is -0.764. The van der Waals surface area contributed by atoms with Crippen LogP contribution >= 0.6 is 0 Å². The molecule has 1 N–H and O–H groups in total. The number of nitro groups is 1. The van der Waals surface area contributed by atoms with Crippen molar-refractivity contribution in [2.24, 2.45) is 0 Å². The number of hydrogen-bond donors (Lipinski definition) is 1. The number of nitro benzene ring substituents is 1. The van der Waals surface area contributed by atoms with Crippen LogP contribution in [0.4, 0.5) is 5.69 Å². The summed E-state index contributed by atoms with van der Waals surface area (Å²) in [5.74, 6) is -1.67. The van der Waals surface area contributed by atoms with Gasteiger partial charge in [0, 0.05) is 24.2 Å². The first kappa shape index (κ1) is 22.1. The Balaban J connectivity index is 1.84. The number of piperidine rings is 1. The summed E-state index contributed by atoms with van der Waals surface area (Å²) in [5.41, 5.74) is -0.360. The molecule has 29 heavy (non-hydrogen) atoms. The van der Waals surface area contributed by atoms with Crippen LogP contribution in [0.15, 0.2) is 18.2 Å². The number of benzene rings is 1. The van der Waals surface area contributed by atoms with Crippen molar-refractivity contribution in [1.29, 1.82) is 0 Å². The van der Waals surface area contributed by atoms with E-state index in [0.29, 0.717) is 6.54 Å². The zero-order valence-electron chi connectivity index (χ0n) is 16.5. The maximum atomic E-state index is 12.3. The van der Waals surface area contributed by atoms with Crippen LogP contribution in [0.3, 0.4) is 0 Å². The van der Waals surface area contributed by atoms with Gasteiger partial charge in [0.15, 0.2) is 12.4 Å². The molecule has 1 atom stereocenters. The van der Waals surface area contributed by atoms with Crippen LogP contribution in [0.2, 0.25) is 0 Å². The zero-order valence-corrected chi connectivity index (χ0v) is 16.5. The molecule has 0 saturated carbocycles. The first-order valence-electron chi connectivity index (χ1n) is 9.43. The van der Waals surface area contributed by atoms with Gasteiger partial charge in [-0.1, -0.05) is 6.92 Å². The first-order valence-corrected chi connectivity index (χ1v) is 9.43. The van der Waals surface area contributed by atoms with Crippen LogP contribution in [0, 0.1) is 10.1 Å². The van der Waals surface area contributed by atoms with E-state index in [2.05, 4.69) is 5.32 Å². The van der Waals surface area contributed by atoms with Gasteiger partial charge in [0.25, 0.3) is 11.8 Å². The number of carbonyl (C=O) groups is 3. The van der Waals surface area contributed by atoms with E-state index in [1.165, 1.54) is 19.2 Å². The molecule has 158 valence electrons. The predicted molar refractivity (Wildman–Crippen MR) is 103 cm³/mol. The van der Waals surface area contributed by atoms with E-state index >= 15 is 0 Å². The van der Waals surface area contributed by atoms with Crippen LogP contribution < -0.4 is 10.1 Å². The Hall–Kier alpha value is -3.17. The molecule has 1 aliphatic rings. The maximum absolute atomic E-state index is 12.3. The van der Waals surface area contributed by atoms with Gasteiger partial charge in [-0.15, -0.1) is 0 Å². The Morgan fingerprint density at radius 1 is 1.31 bits per heavy atom.